The van der Waals surface area contributed by atoms with Gasteiger partial charge >= 0.3 is 5.97 Å². The number of hydrogen-bond acceptors (Lipinski definition) is 4. The summed E-state index contributed by atoms with van der Waals surface area (Å²) in [5, 5.41) is 0. The van der Waals surface area contributed by atoms with Gasteiger partial charge in [0.2, 0.25) is 0 Å². The van der Waals surface area contributed by atoms with E-state index in [-0.39, 0.29) is 29.2 Å². The lowest BCUT2D eigenvalue weighted by Gasteiger charge is -2.53. The average molecular weight is 306 g/mol. The highest BCUT2D eigenvalue weighted by Crippen LogP contribution is 2.56. The van der Waals surface area contributed by atoms with Crippen molar-refractivity contribution < 1.29 is 19.1 Å². The first-order valence-corrected chi connectivity index (χ1v) is 7.84. The van der Waals surface area contributed by atoms with Crippen LogP contribution in [0.4, 0.5) is 0 Å². The maximum absolute atomic E-state index is 12.5. The largest absolute Gasteiger partial charge is 0.465 e. The van der Waals surface area contributed by atoms with Gasteiger partial charge in [-0.3, -0.25) is 9.59 Å². The van der Waals surface area contributed by atoms with E-state index in [1.807, 2.05) is 0 Å². The number of ether oxygens (including phenoxy) is 2. The second-order valence-electron chi connectivity index (χ2n) is 6.93. The molecule has 2 aliphatic rings. The topological polar surface area (TPSA) is 52.6 Å². The number of fused-ring (bicyclic) bond motifs is 1. The Balaban J connectivity index is 2.17. The van der Waals surface area contributed by atoms with Gasteiger partial charge in [0, 0.05) is 31.4 Å². The molecule has 0 aliphatic heterocycles. The van der Waals surface area contributed by atoms with Gasteiger partial charge in [0.1, 0.15) is 0 Å². The number of hydrogen-bond donors (Lipinski definition) is 0. The highest BCUT2D eigenvalue weighted by Gasteiger charge is 2.53. The van der Waals surface area contributed by atoms with E-state index in [1.54, 1.807) is 7.11 Å². The minimum Gasteiger partial charge on any atom is -0.465 e. The summed E-state index contributed by atoms with van der Waals surface area (Å²) in [5.74, 6) is 0.277. The van der Waals surface area contributed by atoms with E-state index in [0.29, 0.717) is 24.5 Å². The van der Waals surface area contributed by atoms with Crippen molar-refractivity contribution in [2.45, 2.75) is 45.6 Å². The maximum atomic E-state index is 12.5. The molecule has 4 nitrogen and oxygen atoms in total. The first-order valence-electron chi connectivity index (χ1n) is 7.84. The number of Topliss-reactive ketones (excluding diaryl/α,β-unsaturated/α-hetero) is 1. The van der Waals surface area contributed by atoms with E-state index in [0.717, 1.165) is 19.3 Å². The third kappa shape index (κ3) is 3.17. The molecule has 0 saturated heterocycles. The van der Waals surface area contributed by atoms with Crippen LogP contribution in [0.5, 0.6) is 0 Å². The van der Waals surface area contributed by atoms with Gasteiger partial charge in [0.05, 0.1) is 12.7 Å². The molecule has 122 valence electrons. The number of esters is 1. The quantitative estimate of drug-likeness (QED) is 0.457. The molecule has 0 aromatic rings. The fraction of sp³-hybridized carbons (Fsp3) is 0.667. The van der Waals surface area contributed by atoms with E-state index in [4.69, 9.17) is 9.47 Å². The molecule has 2 aliphatic carbocycles. The Morgan fingerprint density at radius 1 is 1.41 bits per heavy atom. The minimum absolute atomic E-state index is 0.0605. The number of methoxy groups -OCH3 is 1. The van der Waals surface area contributed by atoms with Crippen LogP contribution in [-0.4, -0.2) is 31.6 Å². The Labute approximate surface area is 132 Å². The Bertz CT molecular complexity index is 507. The van der Waals surface area contributed by atoms with Crippen molar-refractivity contribution in [1.82, 2.24) is 0 Å². The molecule has 0 aromatic heterocycles. The Morgan fingerprint density at radius 3 is 2.68 bits per heavy atom. The maximum Gasteiger partial charge on any atom is 0.302 e. The van der Waals surface area contributed by atoms with Crippen molar-refractivity contribution in [1.29, 1.82) is 0 Å². The molecule has 4 heteroatoms. The summed E-state index contributed by atoms with van der Waals surface area (Å²) in [6.45, 7) is 12.0. The molecule has 0 N–H and O–H groups in total. The fourth-order valence-corrected chi connectivity index (χ4v) is 3.82. The number of carbonyl (C=O) groups is 2. The Morgan fingerprint density at radius 2 is 2.09 bits per heavy atom. The van der Waals surface area contributed by atoms with Crippen LogP contribution in [0.25, 0.3) is 0 Å². The van der Waals surface area contributed by atoms with Crippen molar-refractivity contribution >= 4 is 11.8 Å². The van der Waals surface area contributed by atoms with Gasteiger partial charge in [0.15, 0.2) is 5.78 Å². The summed E-state index contributed by atoms with van der Waals surface area (Å²) in [4.78, 5) is 23.6. The summed E-state index contributed by atoms with van der Waals surface area (Å²) < 4.78 is 10.6. The van der Waals surface area contributed by atoms with Crippen LogP contribution in [0.2, 0.25) is 0 Å². The number of rotatable bonds is 3. The second kappa shape index (κ2) is 6.37. The van der Waals surface area contributed by atoms with Crippen LogP contribution in [0.15, 0.2) is 24.3 Å². The highest BCUT2D eigenvalue weighted by atomic mass is 16.5. The standard InChI is InChI=1S/C18H26O4/c1-11-6-7-17(21-5)12(2)16(20)8-15-14(11)9-18(15,4)10-22-13(3)19/h14-15,17H,1-2,6-10H2,3-5H3/t14-,15+,17-,18+/m0/s1. The lowest BCUT2D eigenvalue weighted by molar-refractivity contribution is -0.153. The van der Waals surface area contributed by atoms with Crippen LogP contribution >= 0.6 is 0 Å². The van der Waals surface area contributed by atoms with Crippen LogP contribution < -0.4 is 0 Å². The molecule has 2 fully saturated rings. The van der Waals surface area contributed by atoms with E-state index in [2.05, 4.69) is 20.1 Å². The third-order valence-corrected chi connectivity index (χ3v) is 5.36. The molecule has 4 atom stereocenters. The fourth-order valence-electron chi connectivity index (χ4n) is 3.82. The van der Waals surface area contributed by atoms with Crippen LogP contribution in [0, 0.1) is 17.3 Å². The number of ketones is 1. The smallest absolute Gasteiger partial charge is 0.302 e. The van der Waals surface area contributed by atoms with Crippen molar-refractivity contribution in [2.75, 3.05) is 13.7 Å². The molecule has 0 aromatic carbocycles. The normalized spacial score (nSPS) is 35.8. The lowest BCUT2D eigenvalue weighted by atomic mass is 9.51. The molecule has 2 saturated carbocycles. The highest BCUT2D eigenvalue weighted by molar-refractivity contribution is 5.96. The van der Waals surface area contributed by atoms with E-state index in [9.17, 15) is 9.59 Å². The molecule has 0 bridgehead atoms. The molecule has 0 heterocycles. The predicted octanol–water partition coefficient (Wildman–Crippen LogP) is 3.07. The van der Waals surface area contributed by atoms with E-state index in [1.165, 1.54) is 12.5 Å². The lowest BCUT2D eigenvalue weighted by Crippen LogP contribution is -2.50. The van der Waals surface area contributed by atoms with Crippen molar-refractivity contribution in [3.63, 3.8) is 0 Å². The zero-order valence-electron chi connectivity index (χ0n) is 13.8. The van der Waals surface area contributed by atoms with Crippen LogP contribution in [0.3, 0.4) is 0 Å². The molecule has 0 unspecified atom stereocenters. The third-order valence-electron chi connectivity index (χ3n) is 5.36. The zero-order chi connectivity index (χ0) is 16.5. The summed E-state index contributed by atoms with van der Waals surface area (Å²) >= 11 is 0. The molecular formula is C18H26O4. The molecule has 22 heavy (non-hydrogen) atoms. The van der Waals surface area contributed by atoms with Gasteiger partial charge in [-0.15, -0.1) is 0 Å². The summed E-state index contributed by atoms with van der Waals surface area (Å²) in [5.41, 5.74) is 1.58. The second-order valence-corrected chi connectivity index (χ2v) is 6.93. The molecule has 0 spiro atoms. The molecular weight excluding hydrogens is 280 g/mol. The molecule has 0 amide bonds. The average Bonchev–Trinajstić information content (AvgIpc) is 2.50. The van der Waals surface area contributed by atoms with Gasteiger partial charge in [-0.05, 0) is 31.1 Å². The van der Waals surface area contributed by atoms with Crippen molar-refractivity contribution in [2.24, 2.45) is 17.3 Å². The SMILES string of the molecule is C=C1C(=O)C[C@@H]2[C@@H](C[C@]2(C)COC(C)=O)C(=C)CC[C@@H]1OC. The van der Waals surface area contributed by atoms with Crippen LogP contribution in [0.1, 0.15) is 39.5 Å². The molecule has 0 radical (unpaired) electrons. The number of allylic oxidation sites excluding steroid dienone is 1. The monoisotopic (exact) mass is 306 g/mol. The van der Waals surface area contributed by atoms with Gasteiger partial charge in [-0.2, -0.15) is 0 Å². The van der Waals surface area contributed by atoms with Gasteiger partial charge < -0.3 is 9.47 Å². The van der Waals surface area contributed by atoms with Gasteiger partial charge in [-0.25, -0.2) is 0 Å². The summed E-state index contributed by atoms with van der Waals surface area (Å²) in [6.07, 6.45) is 2.72. The summed E-state index contributed by atoms with van der Waals surface area (Å²) in [6, 6.07) is 0. The van der Waals surface area contributed by atoms with E-state index < -0.39 is 0 Å². The summed E-state index contributed by atoms with van der Waals surface area (Å²) in [7, 11) is 1.61. The first-order chi connectivity index (χ1) is 10.3. The Hall–Kier alpha value is -1.42. The number of carbonyl (C=O) groups excluding carboxylic acids is 2. The van der Waals surface area contributed by atoms with Crippen LogP contribution in [-0.2, 0) is 19.1 Å². The van der Waals surface area contributed by atoms with Crippen molar-refractivity contribution in [3.05, 3.63) is 24.3 Å². The Kier molecular flexibility index (Phi) is 4.90. The minimum atomic E-state index is -0.276. The predicted molar refractivity (Wildman–Crippen MR) is 84.3 cm³/mol. The van der Waals surface area contributed by atoms with Crippen molar-refractivity contribution in [3.8, 4) is 0 Å². The zero-order valence-corrected chi connectivity index (χ0v) is 13.8. The van der Waals surface area contributed by atoms with Gasteiger partial charge in [0.25, 0.3) is 0 Å². The van der Waals surface area contributed by atoms with Gasteiger partial charge in [-0.1, -0.05) is 25.7 Å². The molecule has 2 rings (SSSR count). The first kappa shape index (κ1) is 16.9. The van der Waals surface area contributed by atoms with E-state index >= 15 is 0 Å².